The van der Waals surface area contributed by atoms with Crippen LogP contribution in [0.4, 0.5) is 0 Å². The SMILES string of the molecule is CCCc1c(C)[nH]n(-c2ccccn2)c1=O. The van der Waals surface area contributed by atoms with Gasteiger partial charge in [-0.1, -0.05) is 19.4 Å². The van der Waals surface area contributed by atoms with Gasteiger partial charge in [0.1, 0.15) is 0 Å². The zero-order chi connectivity index (χ0) is 11.5. The molecule has 2 rings (SSSR count). The number of H-pyrrole nitrogens is 1. The van der Waals surface area contributed by atoms with E-state index >= 15 is 0 Å². The van der Waals surface area contributed by atoms with Crippen molar-refractivity contribution in [3.8, 4) is 5.82 Å². The second-order valence-corrected chi connectivity index (χ2v) is 3.79. The molecule has 4 nitrogen and oxygen atoms in total. The number of hydrogen-bond acceptors (Lipinski definition) is 2. The largest absolute Gasteiger partial charge is 0.294 e. The first kappa shape index (κ1) is 10.7. The van der Waals surface area contributed by atoms with Crippen LogP contribution in [0.1, 0.15) is 24.6 Å². The molecule has 0 aromatic carbocycles. The summed E-state index contributed by atoms with van der Waals surface area (Å²) in [5.74, 6) is 0.637. The third kappa shape index (κ3) is 1.78. The molecular formula is C12H15N3O. The first-order chi connectivity index (χ1) is 7.74. The third-order valence-corrected chi connectivity index (χ3v) is 2.57. The van der Waals surface area contributed by atoms with E-state index < -0.39 is 0 Å². The third-order valence-electron chi connectivity index (χ3n) is 2.57. The summed E-state index contributed by atoms with van der Waals surface area (Å²) in [7, 11) is 0. The van der Waals surface area contributed by atoms with Crippen LogP contribution in [0, 0.1) is 6.92 Å². The first-order valence-electron chi connectivity index (χ1n) is 5.46. The Hall–Kier alpha value is -1.84. The fourth-order valence-corrected chi connectivity index (χ4v) is 1.77. The average molecular weight is 217 g/mol. The molecule has 2 heterocycles. The monoisotopic (exact) mass is 217 g/mol. The second-order valence-electron chi connectivity index (χ2n) is 3.79. The Morgan fingerprint density at radius 1 is 1.44 bits per heavy atom. The van der Waals surface area contributed by atoms with Gasteiger partial charge in [0, 0.05) is 17.5 Å². The first-order valence-corrected chi connectivity index (χ1v) is 5.46. The lowest BCUT2D eigenvalue weighted by Crippen LogP contribution is -2.18. The zero-order valence-electron chi connectivity index (χ0n) is 9.53. The van der Waals surface area contributed by atoms with E-state index in [-0.39, 0.29) is 5.56 Å². The van der Waals surface area contributed by atoms with E-state index in [1.165, 1.54) is 4.68 Å². The van der Waals surface area contributed by atoms with Crippen molar-refractivity contribution >= 4 is 0 Å². The molecule has 0 fully saturated rings. The number of rotatable bonds is 3. The molecule has 0 radical (unpaired) electrons. The highest BCUT2D eigenvalue weighted by atomic mass is 16.1. The molecule has 0 aliphatic carbocycles. The van der Waals surface area contributed by atoms with Crippen molar-refractivity contribution in [3.63, 3.8) is 0 Å². The topological polar surface area (TPSA) is 50.7 Å². The molecule has 84 valence electrons. The van der Waals surface area contributed by atoms with Gasteiger partial charge in [0.15, 0.2) is 5.82 Å². The fraction of sp³-hybridized carbons (Fsp3) is 0.333. The van der Waals surface area contributed by atoms with Crippen LogP contribution in [0.3, 0.4) is 0 Å². The van der Waals surface area contributed by atoms with Crippen LogP contribution in [0.5, 0.6) is 0 Å². The summed E-state index contributed by atoms with van der Waals surface area (Å²) < 4.78 is 1.50. The molecule has 0 saturated carbocycles. The Balaban J connectivity index is 2.52. The lowest BCUT2D eigenvalue weighted by molar-refractivity contribution is 0.805. The molecule has 0 unspecified atom stereocenters. The van der Waals surface area contributed by atoms with E-state index in [0.717, 1.165) is 24.1 Å². The predicted molar refractivity (Wildman–Crippen MR) is 62.9 cm³/mol. The van der Waals surface area contributed by atoms with Gasteiger partial charge in [-0.2, -0.15) is 0 Å². The minimum Gasteiger partial charge on any atom is -0.294 e. The van der Waals surface area contributed by atoms with Gasteiger partial charge in [-0.15, -0.1) is 0 Å². The molecule has 16 heavy (non-hydrogen) atoms. The number of hydrogen-bond donors (Lipinski definition) is 1. The van der Waals surface area contributed by atoms with Crippen LogP contribution < -0.4 is 5.56 Å². The van der Waals surface area contributed by atoms with E-state index in [1.54, 1.807) is 6.20 Å². The van der Waals surface area contributed by atoms with E-state index in [9.17, 15) is 4.79 Å². The van der Waals surface area contributed by atoms with Crippen molar-refractivity contribution in [1.82, 2.24) is 14.8 Å². The quantitative estimate of drug-likeness (QED) is 0.852. The van der Waals surface area contributed by atoms with Crippen LogP contribution in [-0.2, 0) is 6.42 Å². The lowest BCUT2D eigenvalue weighted by Gasteiger charge is -1.98. The Bertz CT molecular complexity index is 525. The number of aryl methyl sites for hydroxylation is 1. The van der Waals surface area contributed by atoms with Crippen molar-refractivity contribution in [1.29, 1.82) is 0 Å². The zero-order valence-corrected chi connectivity index (χ0v) is 9.53. The molecule has 0 aliphatic rings. The molecule has 0 spiro atoms. The Kier molecular flexibility index (Phi) is 2.90. The number of nitrogens with zero attached hydrogens (tertiary/aromatic N) is 2. The number of aromatic amines is 1. The Morgan fingerprint density at radius 2 is 2.25 bits per heavy atom. The highest BCUT2D eigenvalue weighted by Crippen LogP contribution is 2.06. The molecular weight excluding hydrogens is 202 g/mol. The van der Waals surface area contributed by atoms with Crippen molar-refractivity contribution < 1.29 is 0 Å². The minimum absolute atomic E-state index is 0.0121. The standard InChI is InChI=1S/C12H15N3O/c1-3-6-10-9(2)14-15(12(10)16)11-7-4-5-8-13-11/h4-5,7-8,14H,3,6H2,1-2H3. The van der Waals surface area contributed by atoms with Crippen LogP contribution >= 0.6 is 0 Å². The molecule has 0 bridgehead atoms. The van der Waals surface area contributed by atoms with Gasteiger partial charge in [0.05, 0.1) is 0 Å². The predicted octanol–water partition coefficient (Wildman–Crippen LogP) is 1.82. The highest BCUT2D eigenvalue weighted by molar-refractivity contribution is 5.25. The van der Waals surface area contributed by atoms with Gasteiger partial charge >= 0.3 is 0 Å². The molecule has 1 N–H and O–H groups in total. The average Bonchev–Trinajstić information content (AvgIpc) is 2.59. The highest BCUT2D eigenvalue weighted by Gasteiger charge is 2.11. The van der Waals surface area contributed by atoms with E-state index in [0.29, 0.717) is 5.82 Å². The lowest BCUT2D eigenvalue weighted by atomic mass is 10.1. The maximum Gasteiger partial charge on any atom is 0.276 e. The van der Waals surface area contributed by atoms with E-state index in [1.807, 2.05) is 25.1 Å². The second kappa shape index (κ2) is 4.35. The molecule has 0 amide bonds. The van der Waals surface area contributed by atoms with Gasteiger partial charge in [-0.25, -0.2) is 9.67 Å². The Morgan fingerprint density at radius 3 is 2.88 bits per heavy atom. The maximum absolute atomic E-state index is 12.1. The summed E-state index contributed by atoms with van der Waals surface area (Å²) in [6.07, 6.45) is 3.45. The number of nitrogens with one attached hydrogen (secondary N) is 1. The van der Waals surface area contributed by atoms with Gasteiger partial charge in [0.25, 0.3) is 5.56 Å². The smallest absolute Gasteiger partial charge is 0.276 e. The van der Waals surface area contributed by atoms with Crippen molar-refractivity contribution in [3.05, 3.63) is 46.0 Å². The molecule has 0 aliphatic heterocycles. The van der Waals surface area contributed by atoms with E-state index in [2.05, 4.69) is 17.0 Å². The van der Waals surface area contributed by atoms with Gasteiger partial charge in [0.2, 0.25) is 0 Å². The fourth-order valence-electron chi connectivity index (χ4n) is 1.77. The van der Waals surface area contributed by atoms with Crippen LogP contribution in [0.25, 0.3) is 5.82 Å². The molecule has 2 aromatic heterocycles. The molecule has 0 atom stereocenters. The van der Waals surface area contributed by atoms with Gasteiger partial charge in [-0.3, -0.25) is 9.89 Å². The molecule has 2 aromatic rings. The maximum atomic E-state index is 12.1. The van der Waals surface area contributed by atoms with Crippen molar-refractivity contribution in [2.75, 3.05) is 0 Å². The summed E-state index contributed by atoms with van der Waals surface area (Å²) in [4.78, 5) is 16.2. The van der Waals surface area contributed by atoms with Crippen molar-refractivity contribution in [2.24, 2.45) is 0 Å². The van der Waals surface area contributed by atoms with E-state index in [4.69, 9.17) is 0 Å². The minimum atomic E-state index is 0.0121. The Labute approximate surface area is 93.9 Å². The molecule has 0 saturated heterocycles. The summed E-state index contributed by atoms with van der Waals surface area (Å²) >= 11 is 0. The van der Waals surface area contributed by atoms with Crippen LogP contribution in [0.15, 0.2) is 29.2 Å². The van der Waals surface area contributed by atoms with Crippen LogP contribution in [-0.4, -0.2) is 14.8 Å². The molecule has 4 heteroatoms. The normalized spacial score (nSPS) is 10.6. The van der Waals surface area contributed by atoms with Gasteiger partial charge < -0.3 is 0 Å². The summed E-state index contributed by atoms with van der Waals surface area (Å²) in [6, 6.07) is 5.51. The van der Waals surface area contributed by atoms with Crippen LogP contribution in [0.2, 0.25) is 0 Å². The van der Waals surface area contributed by atoms with Gasteiger partial charge in [-0.05, 0) is 25.5 Å². The van der Waals surface area contributed by atoms with Crippen molar-refractivity contribution in [2.45, 2.75) is 26.7 Å². The summed E-state index contributed by atoms with van der Waals surface area (Å²) in [5, 5.41) is 3.06. The number of aromatic nitrogens is 3. The summed E-state index contributed by atoms with van der Waals surface area (Å²) in [5.41, 5.74) is 1.80. The summed E-state index contributed by atoms with van der Waals surface area (Å²) in [6.45, 7) is 3.99. The number of pyridine rings is 1.